The zero-order valence-electron chi connectivity index (χ0n) is 20.5. The summed E-state index contributed by atoms with van der Waals surface area (Å²) in [5, 5.41) is 6.34. The molecular weight excluding hydrogens is 463 g/mol. The van der Waals surface area contributed by atoms with E-state index in [2.05, 4.69) is 34.4 Å². The van der Waals surface area contributed by atoms with Crippen LogP contribution in [0.2, 0.25) is 0 Å². The first-order chi connectivity index (χ1) is 17.3. The van der Waals surface area contributed by atoms with Crippen LogP contribution in [0.25, 0.3) is 11.3 Å². The number of hydrogen-bond acceptors (Lipinski definition) is 6. The van der Waals surface area contributed by atoms with Crippen LogP contribution in [0.15, 0.2) is 36.7 Å². The first kappa shape index (κ1) is 22.8. The van der Waals surface area contributed by atoms with E-state index in [-0.39, 0.29) is 28.6 Å². The van der Waals surface area contributed by atoms with Crippen LogP contribution >= 0.6 is 0 Å². The Morgan fingerprint density at radius 1 is 1.28 bits per heavy atom. The zero-order valence-corrected chi connectivity index (χ0v) is 20.5. The number of nitrogens with zero attached hydrogens (tertiary/aromatic N) is 1. The molecule has 9 heteroatoms. The van der Waals surface area contributed by atoms with Crippen molar-refractivity contribution in [2.24, 2.45) is 5.41 Å². The van der Waals surface area contributed by atoms with Crippen molar-refractivity contribution in [3.8, 4) is 22.8 Å². The Balaban J connectivity index is 1.46. The van der Waals surface area contributed by atoms with E-state index >= 15 is 0 Å². The van der Waals surface area contributed by atoms with Gasteiger partial charge in [0.1, 0.15) is 12.4 Å². The number of nitrogens with one attached hydrogen (secondary N) is 3. The fourth-order valence-electron chi connectivity index (χ4n) is 5.08. The number of ether oxygens (including phenoxy) is 3. The first-order valence-corrected chi connectivity index (χ1v) is 12.2. The highest BCUT2D eigenvalue weighted by Gasteiger charge is 2.52. The Bertz CT molecular complexity index is 1350. The van der Waals surface area contributed by atoms with E-state index in [1.54, 1.807) is 24.5 Å². The van der Waals surface area contributed by atoms with Gasteiger partial charge in [0.15, 0.2) is 11.6 Å². The second-order valence-electron chi connectivity index (χ2n) is 10.5. The van der Waals surface area contributed by atoms with E-state index in [0.29, 0.717) is 48.1 Å². The van der Waals surface area contributed by atoms with Crippen LogP contribution in [0.3, 0.4) is 0 Å². The van der Waals surface area contributed by atoms with Gasteiger partial charge in [-0.05, 0) is 31.0 Å². The van der Waals surface area contributed by atoms with Gasteiger partial charge in [-0.1, -0.05) is 19.9 Å². The van der Waals surface area contributed by atoms with Crippen molar-refractivity contribution in [1.82, 2.24) is 15.3 Å². The summed E-state index contributed by atoms with van der Waals surface area (Å²) < 4.78 is 31.7. The van der Waals surface area contributed by atoms with Crippen molar-refractivity contribution in [2.45, 2.75) is 38.2 Å². The third-order valence-electron chi connectivity index (χ3n) is 7.60. The number of anilines is 2. The van der Waals surface area contributed by atoms with Crippen LogP contribution in [0.5, 0.6) is 11.5 Å². The van der Waals surface area contributed by atoms with Crippen molar-refractivity contribution < 1.29 is 23.4 Å². The number of para-hydroxylation sites is 1. The number of hydrogen-bond donors (Lipinski definition) is 3. The molecule has 0 bridgehead atoms. The van der Waals surface area contributed by atoms with Gasteiger partial charge in [-0.15, -0.1) is 0 Å². The number of benzene rings is 1. The van der Waals surface area contributed by atoms with E-state index in [4.69, 9.17) is 14.2 Å². The molecule has 1 saturated heterocycles. The Morgan fingerprint density at radius 2 is 2.11 bits per heavy atom. The monoisotopic (exact) mass is 492 g/mol. The molecule has 1 atom stereocenters. The van der Waals surface area contributed by atoms with Crippen LogP contribution in [-0.2, 0) is 10.2 Å². The summed E-state index contributed by atoms with van der Waals surface area (Å²) in [5.41, 5.74) is 3.77. The minimum Gasteiger partial charge on any atom is -0.492 e. The number of fused-ring (bicyclic) bond motifs is 2. The molecular formula is C27H29FN4O4. The standard InChI is InChI=1S/C27H29FN4O4/c1-26(2)14-36-19(26)12-35-18-11-29-10-7-15(18)21-22(31-17-6-4-5-16(28)23(17)34-3)20-24(32-21)27(8-9-27)13-30-25(20)33/h4-7,10-11,19,31-32H,8-9,12-14H2,1-3H3,(H,30,33)/t19-/m0/s1. The van der Waals surface area contributed by atoms with E-state index in [1.807, 2.05) is 6.07 Å². The molecule has 4 heterocycles. The molecule has 36 heavy (non-hydrogen) atoms. The number of halogens is 1. The van der Waals surface area contributed by atoms with Crippen LogP contribution in [-0.4, -0.2) is 48.8 Å². The normalized spacial score (nSPS) is 20.8. The Hall–Kier alpha value is -3.59. The number of carbonyl (C=O) groups is 1. The van der Waals surface area contributed by atoms with Crippen LogP contribution < -0.4 is 20.1 Å². The summed E-state index contributed by atoms with van der Waals surface area (Å²) in [6.45, 7) is 5.98. The predicted octanol–water partition coefficient (Wildman–Crippen LogP) is 4.55. The minimum absolute atomic E-state index is 0.0166. The van der Waals surface area contributed by atoms with Crippen molar-refractivity contribution in [3.63, 3.8) is 0 Å². The molecule has 1 amide bonds. The fourth-order valence-corrected chi connectivity index (χ4v) is 5.08. The molecule has 188 valence electrons. The molecule has 2 fully saturated rings. The molecule has 2 aromatic heterocycles. The second-order valence-corrected chi connectivity index (χ2v) is 10.5. The van der Waals surface area contributed by atoms with Gasteiger partial charge >= 0.3 is 0 Å². The lowest BCUT2D eigenvalue weighted by Crippen LogP contribution is -2.50. The number of methoxy groups -OCH3 is 1. The van der Waals surface area contributed by atoms with Crippen molar-refractivity contribution in [3.05, 3.63) is 53.7 Å². The maximum atomic E-state index is 14.5. The topological polar surface area (TPSA) is 97.5 Å². The number of aromatic amines is 1. The number of amides is 1. The minimum atomic E-state index is -0.493. The van der Waals surface area contributed by atoms with Gasteiger partial charge in [-0.3, -0.25) is 9.78 Å². The SMILES string of the molecule is COc1c(F)cccc1Nc1c(-c2ccncc2OC[C@@H]2OCC2(C)C)[nH]c2c1C(=O)NCC21CC1. The zero-order chi connectivity index (χ0) is 25.1. The van der Waals surface area contributed by atoms with E-state index in [9.17, 15) is 9.18 Å². The number of rotatable bonds is 7. The molecule has 3 aromatic rings. The summed E-state index contributed by atoms with van der Waals surface area (Å²) in [6.07, 6.45) is 5.30. The van der Waals surface area contributed by atoms with Crippen LogP contribution in [0.4, 0.5) is 15.8 Å². The molecule has 2 aliphatic heterocycles. The average Bonchev–Trinajstić information content (AvgIpc) is 3.54. The fraction of sp³-hybridized carbons (Fsp3) is 0.407. The van der Waals surface area contributed by atoms with Crippen LogP contribution in [0, 0.1) is 11.2 Å². The molecule has 0 radical (unpaired) electrons. The second kappa shape index (κ2) is 8.23. The van der Waals surface area contributed by atoms with Crippen molar-refractivity contribution >= 4 is 17.3 Å². The number of aromatic nitrogens is 2. The van der Waals surface area contributed by atoms with Crippen molar-refractivity contribution in [2.75, 3.05) is 32.2 Å². The number of H-pyrrole nitrogens is 1. The van der Waals surface area contributed by atoms with Gasteiger partial charge in [-0.25, -0.2) is 4.39 Å². The third-order valence-corrected chi connectivity index (χ3v) is 7.60. The third kappa shape index (κ3) is 3.61. The lowest BCUT2D eigenvalue weighted by atomic mass is 9.83. The maximum Gasteiger partial charge on any atom is 0.255 e. The van der Waals surface area contributed by atoms with Gasteiger partial charge < -0.3 is 29.8 Å². The molecule has 0 unspecified atom stereocenters. The van der Waals surface area contributed by atoms with Gasteiger partial charge in [0.25, 0.3) is 5.91 Å². The molecule has 8 nitrogen and oxygen atoms in total. The quantitative estimate of drug-likeness (QED) is 0.448. The largest absolute Gasteiger partial charge is 0.492 e. The molecule has 6 rings (SSSR count). The summed E-state index contributed by atoms with van der Waals surface area (Å²) in [5.74, 6) is -0.0233. The smallest absolute Gasteiger partial charge is 0.255 e. The first-order valence-electron chi connectivity index (χ1n) is 12.2. The number of carbonyl (C=O) groups excluding carboxylic acids is 1. The Kier molecular flexibility index (Phi) is 5.22. The lowest BCUT2D eigenvalue weighted by Gasteiger charge is -2.43. The Labute approximate surface area is 208 Å². The highest BCUT2D eigenvalue weighted by molar-refractivity contribution is 6.07. The van der Waals surface area contributed by atoms with Gasteiger partial charge in [0, 0.05) is 34.8 Å². The molecule has 1 saturated carbocycles. The molecule has 1 spiro atoms. The van der Waals surface area contributed by atoms with E-state index in [0.717, 1.165) is 24.1 Å². The maximum absolute atomic E-state index is 14.5. The van der Waals surface area contributed by atoms with Gasteiger partial charge in [0.2, 0.25) is 0 Å². The van der Waals surface area contributed by atoms with Gasteiger partial charge in [-0.2, -0.15) is 0 Å². The molecule has 1 aliphatic carbocycles. The molecule has 1 aromatic carbocycles. The number of pyridine rings is 1. The summed E-state index contributed by atoms with van der Waals surface area (Å²) in [4.78, 5) is 21.0. The highest BCUT2D eigenvalue weighted by atomic mass is 19.1. The molecule has 3 aliphatic rings. The molecule has 3 N–H and O–H groups in total. The Morgan fingerprint density at radius 3 is 2.81 bits per heavy atom. The predicted molar refractivity (Wildman–Crippen MR) is 133 cm³/mol. The average molecular weight is 493 g/mol. The summed E-state index contributed by atoms with van der Waals surface area (Å²) in [6, 6.07) is 6.51. The lowest BCUT2D eigenvalue weighted by molar-refractivity contribution is -0.180. The summed E-state index contributed by atoms with van der Waals surface area (Å²) in [7, 11) is 1.42. The highest BCUT2D eigenvalue weighted by Crippen LogP contribution is 2.54. The van der Waals surface area contributed by atoms with Crippen molar-refractivity contribution in [1.29, 1.82) is 0 Å². The van der Waals surface area contributed by atoms with E-state index in [1.165, 1.54) is 13.2 Å². The van der Waals surface area contributed by atoms with E-state index < -0.39 is 5.82 Å². The van der Waals surface area contributed by atoms with Crippen LogP contribution in [0.1, 0.15) is 42.7 Å². The van der Waals surface area contributed by atoms with Gasteiger partial charge in [0.05, 0.1) is 48.6 Å². The summed E-state index contributed by atoms with van der Waals surface area (Å²) >= 11 is 0.